The molecule has 0 aliphatic rings. The first-order chi connectivity index (χ1) is 13.5. The Balaban J connectivity index is 2.17. The smallest absolute Gasteiger partial charge is 0.262 e. The summed E-state index contributed by atoms with van der Waals surface area (Å²) in [5.74, 6) is -0.445. The van der Waals surface area contributed by atoms with Crippen LogP contribution in [0.3, 0.4) is 0 Å². The minimum absolute atomic E-state index is 0.0367. The molecular formula is C20H25ClN4O3S. The zero-order chi connectivity index (χ0) is 21.8. The van der Waals surface area contributed by atoms with Crippen molar-refractivity contribution in [2.45, 2.75) is 38.0 Å². The maximum Gasteiger partial charge on any atom is 0.262 e. The normalized spacial score (nSPS) is 11.3. The van der Waals surface area contributed by atoms with E-state index in [0.29, 0.717) is 21.1 Å². The topological polar surface area (TPSA) is 84.3 Å². The third-order valence-electron chi connectivity index (χ3n) is 3.84. The maximum absolute atomic E-state index is 12.8. The van der Waals surface area contributed by atoms with Gasteiger partial charge in [0.05, 0.1) is 23.2 Å². The van der Waals surface area contributed by atoms with Crippen LogP contribution >= 0.6 is 23.4 Å². The Bertz CT molecular complexity index is 998. The fourth-order valence-corrected chi connectivity index (χ4v) is 3.69. The SMILES string of the molecule is C=CCn1c(SCC(=O)N(C)CC(=O)NC(C)(C)C)nc2cc(Cl)ccc2c1=O. The molecule has 2 rings (SSSR count). The second-order valence-corrected chi connectivity index (χ2v) is 8.98. The minimum atomic E-state index is -0.368. The largest absolute Gasteiger partial charge is 0.350 e. The first-order valence-electron chi connectivity index (χ1n) is 9.00. The molecule has 156 valence electrons. The molecule has 0 fully saturated rings. The van der Waals surface area contributed by atoms with Crippen molar-refractivity contribution < 1.29 is 9.59 Å². The lowest BCUT2D eigenvalue weighted by molar-refractivity contribution is -0.133. The Morgan fingerprint density at radius 2 is 2.07 bits per heavy atom. The fourth-order valence-electron chi connectivity index (χ4n) is 2.57. The van der Waals surface area contributed by atoms with E-state index in [-0.39, 0.29) is 41.8 Å². The van der Waals surface area contributed by atoms with E-state index in [1.165, 1.54) is 9.47 Å². The molecule has 1 aromatic carbocycles. The van der Waals surface area contributed by atoms with Crippen molar-refractivity contribution in [3.63, 3.8) is 0 Å². The molecular weight excluding hydrogens is 412 g/mol. The molecule has 0 atom stereocenters. The monoisotopic (exact) mass is 436 g/mol. The van der Waals surface area contributed by atoms with E-state index in [0.717, 1.165) is 11.8 Å². The van der Waals surface area contributed by atoms with Crippen LogP contribution in [0.1, 0.15) is 20.8 Å². The number of fused-ring (bicyclic) bond motifs is 1. The van der Waals surface area contributed by atoms with Crippen LogP contribution in [0.4, 0.5) is 0 Å². The van der Waals surface area contributed by atoms with E-state index < -0.39 is 0 Å². The van der Waals surface area contributed by atoms with Crippen molar-refractivity contribution in [1.29, 1.82) is 0 Å². The van der Waals surface area contributed by atoms with Gasteiger partial charge in [-0.25, -0.2) is 4.98 Å². The lowest BCUT2D eigenvalue weighted by atomic mass is 10.1. The zero-order valence-corrected chi connectivity index (χ0v) is 18.6. The Kier molecular flexibility index (Phi) is 7.48. The standard InChI is InChI=1S/C20H25ClN4O3S/c1-6-9-25-18(28)14-8-7-13(21)10-15(14)22-19(25)29-12-17(27)24(5)11-16(26)23-20(2,3)4/h6-8,10H,1,9,11-12H2,2-5H3,(H,23,26). The van der Waals surface area contributed by atoms with Gasteiger partial charge in [0, 0.05) is 24.2 Å². The summed E-state index contributed by atoms with van der Waals surface area (Å²) in [5.41, 5.74) is -0.123. The van der Waals surface area contributed by atoms with Gasteiger partial charge in [-0.2, -0.15) is 0 Å². The number of thioether (sulfide) groups is 1. The molecule has 0 bridgehead atoms. The summed E-state index contributed by atoms with van der Waals surface area (Å²) in [6.45, 7) is 9.53. The molecule has 9 heteroatoms. The Morgan fingerprint density at radius 3 is 2.69 bits per heavy atom. The Morgan fingerprint density at radius 1 is 1.38 bits per heavy atom. The number of amides is 2. The van der Waals surface area contributed by atoms with E-state index in [4.69, 9.17) is 11.6 Å². The van der Waals surface area contributed by atoms with Crippen molar-refractivity contribution in [2.24, 2.45) is 0 Å². The van der Waals surface area contributed by atoms with Crippen LogP contribution in [0.15, 0.2) is 40.8 Å². The van der Waals surface area contributed by atoms with Crippen LogP contribution in [0, 0.1) is 0 Å². The number of benzene rings is 1. The van der Waals surface area contributed by atoms with Gasteiger partial charge in [0.1, 0.15) is 0 Å². The molecule has 1 N–H and O–H groups in total. The molecule has 7 nitrogen and oxygen atoms in total. The highest BCUT2D eigenvalue weighted by molar-refractivity contribution is 7.99. The van der Waals surface area contributed by atoms with Crippen LogP contribution in [-0.2, 0) is 16.1 Å². The molecule has 2 amide bonds. The molecule has 2 aromatic rings. The van der Waals surface area contributed by atoms with Gasteiger partial charge in [-0.05, 0) is 39.0 Å². The average molecular weight is 437 g/mol. The van der Waals surface area contributed by atoms with Crippen molar-refractivity contribution in [1.82, 2.24) is 19.8 Å². The molecule has 0 aliphatic heterocycles. The summed E-state index contributed by atoms with van der Waals surface area (Å²) >= 11 is 7.15. The molecule has 0 saturated heterocycles. The van der Waals surface area contributed by atoms with Gasteiger partial charge in [-0.1, -0.05) is 29.4 Å². The summed E-state index contributed by atoms with van der Waals surface area (Å²) < 4.78 is 1.47. The fraction of sp³-hybridized carbons (Fsp3) is 0.400. The summed E-state index contributed by atoms with van der Waals surface area (Å²) in [4.78, 5) is 43.1. The minimum Gasteiger partial charge on any atom is -0.350 e. The Labute approximate surface area is 179 Å². The number of hydrogen-bond acceptors (Lipinski definition) is 5. The van der Waals surface area contributed by atoms with Crippen molar-refractivity contribution >= 4 is 46.1 Å². The molecule has 0 aliphatic carbocycles. The van der Waals surface area contributed by atoms with Crippen LogP contribution in [0.5, 0.6) is 0 Å². The van der Waals surface area contributed by atoms with Gasteiger partial charge in [-0.3, -0.25) is 19.0 Å². The van der Waals surface area contributed by atoms with Crippen molar-refractivity contribution in [3.8, 4) is 0 Å². The highest BCUT2D eigenvalue weighted by Crippen LogP contribution is 2.20. The van der Waals surface area contributed by atoms with Crippen LogP contribution in [-0.4, -0.2) is 51.1 Å². The van der Waals surface area contributed by atoms with E-state index >= 15 is 0 Å². The number of allylic oxidation sites excluding steroid dienone is 1. The molecule has 1 heterocycles. The second kappa shape index (κ2) is 9.45. The van der Waals surface area contributed by atoms with E-state index in [1.807, 2.05) is 20.8 Å². The number of carbonyl (C=O) groups excluding carboxylic acids is 2. The number of likely N-dealkylation sites (N-methyl/N-ethyl adjacent to an activating group) is 1. The first-order valence-corrected chi connectivity index (χ1v) is 10.4. The van der Waals surface area contributed by atoms with E-state index in [2.05, 4.69) is 16.9 Å². The summed E-state index contributed by atoms with van der Waals surface area (Å²) in [6.07, 6.45) is 1.60. The van der Waals surface area contributed by atoms with E-state index in [9.17, 15) is 14.4 Å². The first kappa shape index (κ1) is 23.0. The Hall–Kier alpha value is -2.32. The quantitative estimate of drug-likeness (QED) is 0.410. The zero-order valence-electron chi connectivity index (χ0n) is 17.0. The second-order valence-electron chi connectivity index (χ2n) is 7.60. The predicted molar refractivity (Wildman–Crippen MR) is 117 cm³/mol. The summed E-state index contributed by atoms with van der Waals surface area (Å²) in [5, 5.41) is 4.13. The van der Waals surface area contributed by atoms with Gasteiger partial charge in [-0.15, -0.1) is 6.58 Å². The van der Waals surface area contributed by atoms with E-state index in [1.54, 1.807) is 31.3 Å². The molecule has 0 unspecified atom stereocenters. The number of nitrogens with zero attached hydrogens (tertiary/aromatic N) is 3. The molecule has 0 spiro atoms. The van der Waals surface area contributed by atoms with Gasteiger partial charge in [0.25, 0.3) is 5.56 Å². The lowest BCUT2D eigenvalue weighted by Crippen LogP contribution is -2.46. The number of rotatable bonds is 7. The van der Waals surface area contributed by atoms with Gasteiger partial charge < -0.3 is 10.2 Å². The third-order valence-corrected chi connectivity index (χ3v) is 5.04. The number of aromatic nitrogens is 2. The molecule has 0 saturated carbocycles. The summed E-state index contributed by atoms with van der Waals surface area (Å²) in [6, 6.07) is 4.89. The van der Waals surface area contributed by atoms with Crippen molar-refractivity contribution in [2.75, 3.05) is 19.3 Å². The predicted octanol–water partition coefficient (Wildman–Crippen LogP) is 2.70. The maximum atomic E-state index is 12.8. The number of nitrogens with one attached hydrogen (secondary N) is 1. The average Bonchev–Trinajstić information content (AvgIpc) is 2.60. The number of hydrogen-bond donors (Lipinski definition) is 1. The molecule has 29 heavy (non-hydrogen) atoms. The lowest BCUT2D eigenvalue weighted by Gasteiger charge is -2.23. The number of halogens is 1. The van der Waals surface area contributed by atoms with Crippen molar-refractivity contribution in [3.05, 3.63) is 46.2 Å². The van der Waals surface area contributed by atoms with Gasteiger partial charge in [0.15, 0.2) is 5.16 Å². The number of carbonyl (C=O) groups is 2. The molecule has 1 aromatic heterocycles. The summed E-state index contributed by atoms with van der Waals surface area (Å²) in [7, 11) is 1.57. The van der Waals surface area contributed by atoms with Crippen LogP contribution < -0.4 is 10.9 Å². The van der Waals surface area contributed by atoms with Crippen LogP contribution in [0.25, 0.3) is 10.9 Å². The van der Waals surface area contributed by atoms with Gasteiger partial charge >= 0.3 is 0 Å². The third kappa shape index (κ3) is 6.33. The molecule has 0 radical (unpaired) electrons. The van der Waals surface area contributed by atoms with Crippen LogP contribution in [0.2, 0.25) is 5.02 Å². The van der Waals surface area contributed by atoms with Gasteiger partial charge in [0.2, 0.25) is 11.8 Å². The highest BCUT2D eigenvalue weighted by atomic mass is 35.5. The highest BCUT2D eigenvalue weighted by Gasteiger charge is 2.19.